The molecule has 1 atom stereocenters. The number of methoxy groups -OCH3 is 2. The molecule has 0 bridgehead atoms. The lowest BCUT2D eigenvalue weighted by Gasteiger charge is -2.26. The number of hydrogen-bond acceptors (Lipinski definition) is 4. The highest BCUT2D eigenvalue weighted by Gasteiger charge is 2.30. The van der Waals surface area contributed by atoms with E-state index < -0.39 is 0 Å². The monoisotopic (exact) mass is 346 g/mol. The van der Waals surface area contributed by atoms with Crippen LogP contribution < -0.4 is 14.8 Å². The molecule has 1 aliphatic rings. The van der Waals surface area contributed by atoms with Gasteiger partial charge in [-0.1, -0.05) is 12.1 Å². The minimum Gasteiger partial charge on any atom is -0.493 e. The Morgan fingerprint density at radius 1 is 1.29 bits per heavy atom. The SMILES string of the molecule is COc1ccc([C@@H]2CCCN2C(=O)NCc2cccs2)cc1OC. The standard InChI is InChI=1S/C18H22N2O3S/c1-22-16-8-7-13(11-17(16)23-2)15-6-3-9-20(15)18(21)19-12-14-5-4-10-24-14/h4-5,7-8,10-11,15H,3,6,9,12H2,1-2H3,(H,19,21)/t15-/m0/s1. The van der Waals surface area contributed by atoms with Gasteiger partial charge in [-0.15, -0.1) is 11.3 Å². The minimum absolute atomic E-state index is 0.0133. The van der Waals surface area contributed by atoms with Gasteiger partial charge >= 0.3 is 6.03 Å². The topological polar surface area (TPSA) is 50.8 Å². The molecule has 6 heteroatoms. The first-order valence-corrected chi connectivity index (χ1v) is 8.89. The molecule has 0 unspecified atom stereocenters. The van der Waals surface area contributed by atoms with E-state index in [2.05, 4.69) is 5.32 Å². The maximum absolute atomic E-state index is 12.6. The Labute approximate surface area is 146 Å². The molecule has 1 saturated heterocycles. The number of likely N-dealkylation sites (tertiary alicyclic amines) is 1. The molecule has 1 aromatic carbocycles. The molecule has 5 nitrogen and oxygen atoms in total. The Morgan fingerprint density at radius 2 is 2.12 bits per heavy atom. The van der Waals surface area contributed by atoms with Crippen LogP contribution in [0.25, 0.3) is 0 Å². The molecule has 0 aliphatic carbocycles. The number of carbonyl (C=O) groups excluding carboxylic acids is 1. The van der Waals surface area contributed by atoms with Crippen molar-refractivity contribution in [3.8, 4) is 11.5 Å². The van der Waals surface area contributed by atoms with Crippen molar-refractivity contribution in [2.24, 2.45) is 0 Å². The largest absolute Gasteiger partial charge is 0.493 e. The maximum atomic E-state index is 12.6. The van der Waals surface area contributed by atoms with Crippen molar-refractivity contribution in [2.45, 2.75) is 25.4 Å². The van der Waals surface area contributed by atoms with Crippen LogP contribution >= 0.6 is 11.3 Å². The maximum Gasteiger partial charge on any atom is 0.318 e. The fraction of sp³-hybridized carbons (Fsp3) is 0.389. The molecule has 1 fully saturated rings. The van der Waals surface area contributed by atoms with Crippen molar-refractivity contribution < 1.29 is 14.3 Å². The summed E-state index contributed by atoms with van der Waals surface area (Å²) in [5.41, 5.74) is 1.08. The van der Waals surface area contributed by atoms with Crippen LogP contribution in [0, 0.1) is 0 Å². The summed E-state index contributed by atoms with van der Waals surface area (Å²) < 4.78 is 10.7. The molecule has 1 N–H and O–H groups in total. The summed E-state index contributed by atoms with van der Waals surface area (Å²) in [6, 6.07) is 9.96. The van der Waals surface area contributed by atoms with Crippen LogP contribution in [0.1, 0.15) is 29.3 Å². The summed E-state index contributed by atoms with van der Waals surface area (Å²) in [6.45, 7) is 1.35. The van der Waals surface area contributed by atoms with Gasteiger partial charge in [0.1, 0.15) is 0 Å². The summed E-state index contributed by atoms with van der Waals surface area (Å²) >= 11 is 1.65. The van der Waals surface area contributed by atoms with Crippen molar-refractivity contribution in [3.63, 3.8) is 0 Å². The highest BCUT2D eigenvalue weighted by Crippen LogP contribution is 2.36. The summed E-state index contributed by atoms with van der Waals surface area (Å²) in [5.74, 6) is 1.40. The van der Waals surface area contributed by atoms with Gasteiger partial charge in [0.05, 0.1) is 26.8 Å². The van der Waals surface area contributed by atoms with Crippen LogP contribution in [0.15, 0.2) is 35.7 Å². The molecule has 128 valence electrons. The number of amides is 2. The van der Waals surface area contributed by atoms with Crippen molar-refractivity contribution in [3.05, 3.63) is 46.2 Å². The second-order valence-corrected chi connectivity index (χ2v) is 6.74. The first kappa shape index (κ1) is 16.6. The van der Waals surface area contributed by atoms with E-state index in [0.717, 1.165) is 29.8 Å². The molecular weight excluding hydrogens is 324 g/mol. The quantitative estimate of drug-likeness (QED) is 0.895. The zero-order valence-corrected chi connectivity index (χ0v) is 14.8. The number of hydrogen-bond donors (Lipinski definition) is 1. The Bertz CT molecular complexity index is 688. The second-order valence-electron chi connectivity index (χ2n) is 5.70. The van der Waals surface area contributed by atoms with Gasteiger partial charge in [0.2, 0.25) is 0 Å². The molecule has 1 aliphatic heterocycles. The number of nitrogens with zero attached hydrogens (tertiary/aromatic N) is 1. The Hall–Kier alpha value is -2.21. The smallest absolute Gasteiger partial charge is 0.318 e. The molecule has 24 heavy (non-hydrogen) atoms. The Kier molecular flexibility index (Phi) is 5.25. The van der Waals surface area contributed by atoms with Crippen molar-refractivity contribution in [1.82, 2.24) is 10.2 Å². The average Bonchev–Trinajstić information content (AvgIpc) is 3.30. The number of carbonyl (C=O) groups is 1. The molecule has 1 aromatic heterocycles. The highest BCUT2D eigenvalue weighted by atomic mass is 32.1. The summed E-state index contributed by atoms with van der Waals surface area (Å²) in [6.07, 6.45) is 1.97. The first-order chi connectivity index (χ1) is 11.7. The number of thiophene rings is 1. The fourth-order valence-electron chi connectivity index (χ4n) is 3.09. The summed E-state index contributed by atoms with van der Waals surface area (Å²) in [7, 11) is 3.25. The molecule has 3 rings (SSSR count). The van der Waals surface area contributed by atoms with Gasteiger partial charge < -0.3 is 19.7 Å². The number of ether oxygens (including phenoxy) is 2. The van der Waals surface area contributed by atoms with Crippen LogP contribution in [0.3, 0.4) is 0 Å². The lowest BCUT2D eigenvalue weighted by atomic mass is 10.0. The third-order valence-electron chi connectivity index (χ3n) is 4.30. The molecule has 2 amide bonds. The Balaban J connectivity index is 1.71. The molecule has 0 saturated carbocycles. The van der Waals surface area contributed by atoms with Crippen LogP contribution in [0.2, 0.25) is 0 Å². The molecule has 2 aromatic rings. The minimum atomic E-state index is -0.0133. The van der Waals surface area contributed by atoms with E-state index in [0.29, 0.717) is 18.0 Å². The number of nitrogens with one attached hydrogen (secondary N) is 1. The second kappa shape index (κ2) is 7.57. The van der Waals surface area contributed by atoms with E-state index in [9.17, 15) is 4.79 Å². The van der Waals surface area contributed by atoms with E-state index in [1.807, 2.05) is 40.6 Å². The predicted octanol–water partition coefficient (Wildman–Crippen LogP) is 3.81. The number of rotatable bonds is 5. The van der Waals surface area contributed by atoms with Gasteiger partial charge in [-0.2, -0.15) is 0 Å². The Morgan fingerprint density at radius 3 is 2.83 bits per heavy atom. The van der Waals surface area contributed by atoms with Crippen LogP contribution in [0.4, 0.5) is 4.79 Å². The van der Waals surface area contributed by atoms with Gasteiger partial charge in [0, 0.05) is 11.4 Å². The summed E-state index contributed by atoms with van der Waals surface area (Å²) in [5, 5.41) is 5.04. The zero-order chi connectivity index (χ0) is 16.9. The van der Waals surface area contributed by atoms with Crippen molar-refractivity contribution >= 4 is 17.4 Å². The average molecular weight is 346 g/mol. The first-order valence-electron chi connectivity index (χ1n) is 8.01. The van der Waals surface area contributed by atoms with E-state index in [1.54, 1.807) is 25.6 Å². The molecule has 0 spiro atoms. The summed E-state index contributed by atoms with van der Waals surface area (Å²) in [4.78, 5) is 15.6. The lowest BCUT2D eigenvalue weighted by Crippen LogP contribution is -2.39. The van der Waals surface area contributed by atoms with E-state index in [4.69, 9.17) is 9.47 Å². The molecular formula is C18H22N2O3S. The molecule has 0 radical (unpaired) electrons. The lowest BCUT2D eigenvalue weighted by molar-refractivity contribution is 0.192. The number of urea groups is 1. The van der Waals surface area contributed by atoms with Gasteiger partial charge in [0.25, 0.3) is 0 Å². The van der Waals surface area contributed by atoms with Crippen LogP contribution in [-0.2, 0) is 6.54 Å². The fourth-order valence-corrected chi connectivity index (χ4v) is 3.74. The van der Waals surface area contributed by atoms with E-state index in [-0.39, 0.29) is 12.1 Å². The van der Waals surface area contributed by atoms with Gasteiger partial charge in [0.15, 0.2) is 11.5 Å². The van der Waals surface area contributed by atoms with Gasteiger partial charge in [-0.25, -0.2) is 4.79 Å². The van der Waals surface area contributed by atoms with Gasteiger partial charge in [-0.3, -0.25) is 0 Å². The van der Waals surface area contributed by atoms with Crippen LogP contribution in [-0.4, -0.2) is 31.7 Å². The zero-order valence-electron chi connectivity index (χ0n) is 14.0. The van der Waals surface area contributed by atoms with Crippen LogP contribution in [0.5, 0.6) is 11.5 Å². The van der Waals surface area contributed by atoms with Crippen molar-refractivity contribution in [1.29, 1.82) is 0 Å². The van der Waals surface area contributed by atoms with Crippen molar-refractivity contribution in [2.75, 3.05) is 20.8 Å². The predicted molar refractivity (Wildman–Crippen MR) is 94.8 cm³/mol. The number of benzene rings is 1. The highest BCUT2D eigenvalue weighted by molar-refractivity contribution is 7.09. The third kappa shape index (κ3) is 3.48. The van der Waals surface area contributed by atoms with Gasteiger partial charge in [-0.05, 0) is 42.0 Å². The third-order valence-corrected chi connectivity index (χ3v) is 5.18. The normalized spacial score (nSPS) is 16.9. The van der Waals surface area contributed by atoms with E-state index in [1.165, 1.54) is 0 Å². The van der Waals surface area contributed by atoms with E-state index >= 15 is 0 Å². The molecule has 2 heterocycles.